The van der Waals surface area contributed by atoms with Gasteiger partial charge >= 0.3 is 0 Å². The van der Waals surface area contributed by atoms with E-state index >= 15 is 0 Å². The monoisotopic (exact) mass is 229 g/mol. The van der Waals surface area contributed by atoms with E-state index < -0.39 is 0 Å². The molecule has 0 aliphatic carbocycles. The van der Waals surface area contributed by atoms with Gasteiger partial charge in [0.2, 0.25) is 0 Å². The molecule has 88 valence electrons. The van der Waals surface area contributed by atoms with Crippen LogP contribution < -0.4 is 21.5 Å². The first-order chi connectivity index (χ1) is 8.20. The van der Waals surface area contributed by atoms with E-state index in [0.29, 0.717) is 17.1 Å². The quantitative estimate of drug-likeness (QED) is 0.707. The van der Waals surface area contributed by atoms with Gasteiger partial charge < -0.3 is 21.5 Å². The maximum absolute atomic E-state index is 5.92. The van der Waals surface area contributed by atoms with Gasteiger partial charge in [-0.2, -0.15) is 0 Å². The summed E-state index contributed by atoms with van der Waals surface area (Å²) in [6, 6.07) is 13.2. The number of para-hydroxylation sites is 1. The third kappa shape index (κ3) is 2.42. The van der Waals surface area contributed by atoms with Gasteiger partial charge in [-0.25, -0.2) is 0 Å². The highest BCUT2D eigenvalue weighted by atomic mass is 16.5. The molecule has 0 fully saturated rings. The van der Waals surface area contributed by atoms with Crippen LogP contribution in [0, 0.1) is 0 Å². The minimum atomic E-state index is 0.561. The van der Waals surface area contributed by atoms with Crippen LogP contribution in [0.3, 0.4) is 0 Å². The Balaban J connectivity index is 2.38. The van der Waals surface area contributed by atoms with E-state index in [2.05, 4.69) is 5.32 Å². The second-order valence-electron chi connectivity index (χ2n) is 3.68. The predicted molar refractivity (Wildman–Crippen MR) is 71.5 cm³/mol. The van der Waals surface area contributed by atoms with E-state index in [-0.39, 0.29) is 0 Å². The van der Waals surface area contributed by atoms with Crippen molar-refractivity contribution in [2.45, 2.75) is 0 Å². The van der Waals surface area contributed by atoms with Crippen LogP contribution in [-0.2, 0) is 0 Å². The Morgan fingerprint density at radius 2 is 1.76 bits per heavy atom. The summed E-state index contributed by atoms with van der Waals surface area (Å²) in [5.41, 5.74) is 14.5. The highest BCUT2D eigenvalue weighted by Gasteiger charge is 2.08. The molecule has 0 heterocycles. The number of rotatable bonds is 3. The number of hydrogen-bond donors (Lipinski definition) is 3. The van der Waals surface area contributed by atoms with Crippen LogP contribution in [0.15, 0.2) is 42.5 Å². The Morgan fingerprint density at radius 1 is 1.06 bits per heavy atom. The summed E-state index contributed by atoms with van der Waals surface area (Å²) in [5.74, 6) is 0.631. The van der Waals surface area contributed by atoms with E-state index in [0.717, 1.165) is 11.4 Å². The molecule has 0 aromatic heterocycles. The van der Waals surface area contributed by atoms with E-state index in [4.69, 9.17) is 16.2 Å². The van der Waals surface area contributed by atoms with Crippen molar-refractivity contribution >= 4 is 22.7 Å². The normalized spacial score (nSPS) is 9.94. The first-order valence-corrected chi connectivity index (χ1v) is 5.26. The minimum absolute atomic E-state index is 0.561. The first-order valence-electron chi connectivity index (χ1n) is 5.26. The molecule has 17 heavy (non-hydrogen) atoms. The molecule has 0 unspecified atom stereocenters. The molecule has 0 saturated heterocycles. The Bertz CT molecular complexity index is 512. The lowest BCUT2D eigenvalue weighted by atomic mass is 10.2. The van der Waals surface area contributed by atoms with Gasteiger partial charge in [0.1, 0.15) is 11.4 Å². The van der Waals surface area contributed by atoms with Crippen molar-refractivity contribution in [1.82, 2.24) is 0 Å². The van der Waals surface area contributed by atoms with Crippen molar-refractivity contribution < 1.29 is 4.74 Å². The number of benzene rings is 2. The molecule has 0 bridgehead atoms. The summed E-state index contributed by atoms with van der Waals surface area (Å²) < 4.78 is 5.26. The zero-order valence-electron chi connectivity index (χ0n) is 9.60. The number of methoxy groups -OCH3 is 1. The number of hydrogen-bond acceptors (Lipinski definition) is 4. The van der Waals surface area contributed by atoms with Crippen LogP contribution in [0.2, 0.25) is 0 Å². The molecule has 2 rings (SSSR count). The molecule has 4 heteroatoms. The van der Waals surface area contributed by atoms with Gasteiger partial charge in [0.15, 0.2) is 0 Å². The smallest absolute Gasteiger partial charge is 0.146 e. The molecule has 0 spiro atoms. The molecular formula is C13H15N3O. The van der Waals surface area contributed by atoms with Gasteiger partial charge in [-0.15, -0.1) is 0 Å². The Kier molecular flexibility index (Phi) is 3.05. The summed E-state index contributed by atoms with van der Waals surface area (Å²) in [7, 11) is 1.59. The second kappa shape index (κ2) is 4.65. The molecular weight excluding hydrogens is 214 g/mol. The Morgan fingerprint density at radius 3 is 2.41 bits per heavy atom. The zero-order chi connectivity index (χ0) is 12.3. The summed E-state index contributed by atoms with van der Waals surface area (Å²) in [5, 5.41) is 3.21. The van der Waals surface area contributed by atoms with E-state index in [9.17, 15) is 0 Å². The highest BCUT2D eigenvalue weighted by molar-refractivity contribution is 5.81. The van der Waals surface area contributed by atoms with Crippen molar-refractivity contribution in [1.29, 1.82) is 0 Å². The number of nitrogens with one attached hydrogen (secondary N) is 1. The molecule has 0 radical (unpaired) electrons. The number of nitrogen functional groups attached to an aromatic ring is 2. The molecule has 0 amide bonds. The van der Waals surface area contributed by atoms with Crippen molar-refractivity contribution in [3.05, 3.63) is 42.5 Å². The lowest BCUT2D eigenvalue weighted by Gasteiger charge is -2.14. The van der Waals surface area contributed by atoms with Crippen LogP contribution in [0.5, 0.6) is 5.75 Å². The molecule has 0 atom stereocenters. The fourth-order valence-corrected chi connectivity index (χ4v) is 1.62. The average molecular weight is 229 g/mol. The van der Waals surface area contributed by atoms with Crippen LogP contribution in [0.1, 0.15) is 0 Å². The first kappa shape index (κ1) is 11.1. The standard InChI is InChI=1S/C13H15N3O/c1-17-12-8-9(14)7-11(15)13(12)16-10-5-3-2-4-6-10/h2-8,16H,14-15H2,1H3. The van der Waals surface area contributed by atoms with Crippen LogP contribution in [-0.4, -0.2) is 7.11 Å². The van der Waals surface area contributed by atoms with Crippen LogP contribution >= 0.6 is 0 Å². The van der Waals surface area contributed by atoms with E-state index in [1.54, 1.807) is 19.2 Å². The Labute approximate surface area is 100 Å². The fourth-order valence-electron chi connectivity index (χ4n) is 1.62. The largest absolute Gasteiger partial charge is 0.494 e. The molecule has 4 nitrogen and oxygen atoms in total. The SMILES string of the molecule is COc1cc(N)cc(N)c1Nc1ccccc1. The molecule has 2 aromatic rings. The maximum atomic E-state index is 5.92. The molecule has 5 N–H and O–H groups in total. The summed E-state index contributed by atoms with van der Waals surface area (Å²) in [6.07, 6.45) is 0. The average Bonchev–Trinajstić information content (AvgIpc) is 2.33. The van der Waals surface area contributed by atoms with Crippen molar-refractivity contribution in [2.75, 3.05) is 23.9 Å². The predicted octanol–water partition coefficient (Wildman–Crippen LogP) is 2.60. The third-order valence-electron chi connectivity index (χ3n) is 2.42. The van der Waals surface area contributed by atoms with Crippen LogP contribution in [0.4, 0.5) is 22.7 Å². The second-order valence-corrected chi connectivity index (χ2v) is 3.68. The fraction of sp³-hybridized carbons (Fsp3) is 0.0769. The summed E-state index contributed by atoms with van der Waals surface area (Å²) in [4.78, 5) is 0. The molecule has 2 aromatic carbocycles. The molecule has 0 saturated carbocycles. The van der Waals surface area contributed by atoms with Gasteiger partial charge in [-0.1, -0.05) is 18.2 Å². The molecule has 0 aliphatic rings. The third-order valence-corrected chi connectivity index (χ3v) is 2.42. The van der Waals surface area contributed by atoms with Crippen molar-refractivity contribution in [2.24, 2.45) is 0 Å². The summed E-state index contributed by atoms with van der Waals surface area (Å²) in [6.45, 7) is 0. The van der Waals surface area contributed by atoms with Crippen LogP contribution in [0.25, 0.3) is 0 Å². The zero-order valence-corrected chi connectivity index (χ0v) is 9.60. The van der Waals surface area contributed by atoms with Crippen molar-refractivity contribution in [3.8, 4) is 5.75 Å². The van der Waals surface area contributed by atoms with Gasteiger partial charge in [0.25, 0.3) is 0 Å². The van der Waals surface area contributed by atoms with E-state index in [1.165, 1.54) is 0 Å². The number of anilines is 4. The maximum Gasteiger partial charge on any atom is 0.146 e. The van der Waals surface area contributed by atoms with Crippen molar-refractivity contribution in [3.63, 3.8) is 0 Å². The summed E-state index contributed by atoms with van der Waals surface area (Å²) >= 11 is 0. The lowest BCUT2D eigenvalue weighted by Crippen LogP contribution is -2.01. The van der Waals surface area contributed by atoms with Gasteiger partial charge in [-0.3, -0.25) is 0 Å². The Hall–Kier alpha value is -2.36. The van der Waals surface area contributed by atoms with Gasteiger partial charge in [0.05, 0.1) is 12.8 Å². The number of nitrogens with two attached hydrogens (primary N) is 2. The van der Waals surface area contributed by atoms with E-state index in [1.807, 2.05) is 30.3 Å². The lowest BCUT2D eigenvalue weighted by molar-refractivity contribution is 0.417. The number of ether oxygens (including phenoxy) is 1. The topological polar surface area (TPSA) is 73.3 Å². The highest BCUT2D eigenvalue weighted by Crippen LogP contribution is 2.35. The van der Waals surface area contributed by atoms with Gasteiger partial charge in [0, 0.05) is 17.4 Å². The van der Waals surface area contributed by atoms with Gasteiger partial charge in [-0.05, 0) is 18.2 Å². The minimum Gasteiger partial charge on any atom is -0.494 e. The molecule has 0 aliphatic heterocycles.